The summed E-state index contributed by atoms with van der Waals surface area (Å²) in [5, 5.41) is 0. The third-order valence-corrected chi connectivity index (χ3v) is 6.23. The van der Waals surface area contributed by atoms with Crippen molar-refractivity contribution in [1.29, 1.82) is 0 Å². The Hall–Kier alpha value is -2.36. The Bertz CT molecular complexity index is 919. The van der Waals surface area contributed by atoms with Crippen LogP contribution in [-0.4, -0.2) is 9.13 Å². The first-order valence-corrected chi connectivity index (χ1v) is 10.1. The van der Waals surface area contributed by atoms with Gasteiger partial charge in [-0.1, -0.05) is 32.8 Å². The van der Waals surface area contributed by atoms with Crippen molar-refractivity contribution in [2.24, 2.45) is 0 Å². The molecule has 0 fully saturated rings. The van der Waals surface area contributed by atoms with E-state index in [9.17, 15) is 0 Å². The second kappa shape index (κ2) is 5.57. The van der Waals surface area contributed by atoms with Crippen LogP contribution in [0.4, 0.5) is 0 Å². The number of nitrogens with zero attached hydrogens (tertiary/aromatic N) is 4. The van der Waals surface area contributed by atoms with Gasteiger partial charge in [-0.05, 0) is 31.9 Å². The number of aromatic nitrogens is 4. The van der Waals surface area contributed by atoms with Gasteiger partial charge in [0.2, 0.25) is 5.41 Å². The van der Waals surface area contributed by atoms with Gasteiger partial charge in [0.25, 0.3) is 11.6 Å². The minimum absolute atomic E-state index is 0.0829. The summed E-state index contributed by atoms with van der Waals surface area (Å²) in [6, 6.07) is 6.76. The normalized spacial score (nSPS) is 15.2. The molecule has 0 saturated carbocycles. The van der Waals surface area contributed by atoms with E-state index in [1.54, 1.807) is 0 Å². The SMILES string of the molecule is CCCC[n+]1ccn2c1C1(C)c3c-2cccc3-n2cc[n+](CCCC)c21. The Morgan fingerprint density at radius 2 is 1.35 bits per heavy atom. The van der Waals surface area contributed by atoms with E-state index in [1.165, 1.54) is 54.3 Å². The molecule has 5 rings (SSSR count). The van der Waals surface area contributed by atoms with Gasteiger partial charge >= 0.3 is 0 Å². The van der Waals surface area contributed by atoms with Crippen molar-refractivity contribution in [1.82, 2.24) is 9.13 Å². The standard InChI is InChI=1S/C22H28N4/c1-4-6-11-23-13-15-25-17-9-8-10-18-19(17)22(3,20(23)25)21-24(12-7-5-2)14-16-26(18)21/h8-10,13-16H,4-7,11-12H2,1-3H3/q+2. The van der Waals surface area contributed by atoms with E-state index in [1.807, 2.05) is 0 Å². The highest BCUT2D eigenvalue weighted by Gasteiger charge is 2.62. The average Bonchev–Trinajstić information content (AvgIpc) is 3.37. The molecule has 0 atom stereocenters. The van der Waals surface area contributed by atoms with Crippen LogP contribution in [-0.2, 0) is 18.5 Å². The van der Waals surface area contributed by atoms with Crippen LogP contribution in [0.25, 0.3) is 11.4 Å². The quantitative estimate of drug-likeness (QED) is 0.608. The maximum Gasteiger partial charge on any atom is 0.285 e. The van der Waals surface area contributed by atoms with Gasteiger partial charge < -0.3 is 0 Å². The van der Waals surface area contributed by atoms with Crippen LogP contribution in [0.1, 0.15) is 63.7 Å². The van der Waals surface area contributed by atoms with Crippen LogP contribution in [0.2, 0.25) is 0 Å². The summed E-state index contributed by atoms with van der Waals surface area (Å²) in [6.07, 6.45) is 13.9. The van der Waals surface area contributed by atoms with E-state index < -0.39 is 0 Å². The summed E-state index contributed by atoms with van der Waals surface area (Å²) in [4.78, 5) is 0. The second-order valence-corrected chi connectivity index (χ2v) is 7.87. The van der Waals surface area contributed by atoms with Crippen LogP contribution < -0.4 is 9.13 Å². The second-order valence-electron chi connectivity index (χ2n) is 7.87. The molecule has 134 valence electrons. The molecule has 1 aromatic carbocycles. The van der Waals surface area contributed by atoms with Gasteiger partial charge in [-0.25, -0.2) is 9.13 Å². The van der Waals surface area contributed by atoms with Gasteiger partial charge in [0.05, 0.1) is 18.7 Å². The van der Waals surface area contributed by atoms with Crippen LogP contribution in [0.3, 0.4) is 0 Å². The number of rotatable bonds is 6. The number of hydrogen-bond donors (Lipinski definition) is 0. The third-order valence-electron chi connectivity index (χ3n) is 6.23. The maximum absolute atomic E-state index is 2.49. The zero-order chi connectivity index (χ0) is 17.9. The summed E-state index contributed by atoms with van der Waals surface area (Å²) < 4.78 is 9.82. The molecule has 0 saturated heterocycles. The highest BCUT2D eigenvalue weighted by Crippen LogP contribution is 2.52. The summed E-state index contributed by atoms with van der Waals surface area (Å²) in [6.45, 7) is 9.15. The van der Waals surface area contributed by atoms with Crippen LogP contribution in [0, 0.1) is 0 Å². The Labute approximate surface area is 155 Å². The number of fused-ring (bicyclic) bond motifs is 6. The summed E-state index contributed by atoms with van der Waals surface area (Å²) >= 11 is 0. The Morgan fingerprint density at radius 3 is 1.81 bits per heavy atom. The summed E-state index contributed by atoms with van der Waals surface area (Å²) in [5.41, 5.74) is 4.09. The largest absolute Gasteiger partial charge is 0.285 e. The smallest absolute Gasteiger partial charge is 0.233 e. The van der Waals surface area contributed by atoms with Crippen molar-refractivity contribution in [2.75, 3.05) is 0 Å². The minimum Gasteiger partial charge on any atom is -0.233 e. The molecular formula is C22H28N4+2. The predicted octanol–water partition coefficient (Wildman–Crippen LogP) is 3.42. The van der Waals surface area contributed by atoms with Gasteiger partial charge in [-0.3, -0.25) is 0 Å². The first kappa shape index (κ1) is 15.9. The van der Waals surface area contributed by atoms with Crippen molar-refractivity contribution >= 4 is 0 Å². The molecule has 4 heteroatoms. The molecule has 4 heterocycles. The first-order valence-electron chi connectivity index (χ1n) is 10.1. The van der Waals surface area contributed by atoms with E-state index in [0.717, 1.165) is 13.1 Å². The molecular weight excluding hydrogens is 320 g/mol. The number of benzene rings is 1. The predicted molar refractivity (Wildman–Crippen MR) is 101 cm³/mol. The first-order chi connectivity index (χ1) is 12.7. The Kier molecular flexibility index (Phi) is 3.40. The van der Waals surface area contributed by atoms with Crippen LogP contribution >= 0.6 is 0 Å². The molecule has 3 aromatic rings. The topological polar surface area (TPSA) is 17.6 Å². The molecule has 0 aliphatic carbocycles. The number of unbranched alkanes of at least 4 members (excludes halogenated alkanes) is 2. The Morgan fingerprint density at radius 1 is 0.846 bits per heavy atom. The fourth-order valence-electron chi connectivity index (χ4n) is 5.08. The van der Waals surface area contributed by atoms with Crippen molar-refractivity contribution in [3.05, 3.63) is 60.2 Å². The molecule has 26 heavy (non-hydrogen) atoms. The molecule has 0 unspecified atom stereocenters. The number of aryl methyl sites for hydroxylation is 2. The highest BCUT2D eigenvalue weighted by atomic mass is 15.3. The lowest BCUT2D eigenvalue weighted by Crippen LogP contribution is -2.49. The van der Waals surface area contributed by atoms with E-state index in [-0.39, 0.29) is 5.41 Å². The summed E-state index contributed by atoms with van der Waals surface area (Å²) in [7, 11) is 0. The van der Waals surface area contributed by atoms with Gasteiger partial charge in [0, 0.05) is 0 Å². The molecule has 2 aliphatic heterocycles. The van der Waals surface area contributed by atoms with E-state index in [4.69, 9.17) is 0 Å². The van der Waals surface area contributed by atoms with E-state index in [0.29, 0.717) is 0 Å². The molecule has 2 aromatic heterocycles. The lowest BCUT2D eigenvalue weighted by molar-refractivity contribution is -0.720. The van der Waals surface area contributed by atoms with Gasteiger partial charge in [0.1, 0.15) is 36.2 Å². The lowest BCUT2D eigenvalue weighted by Gasteiger charge is -2.15. The van der Waals surface area contributed by atoms with Crippen LogP contribution in [0.5, 0.6) is 0 Å². The monoisotopic (exact) mass is 348 g/mol. The van der Waals surface area contributed by atoms with Crippen molar-refractivity contribution in [3.8, 4) is 11.4 Å². The molecule has 4 nitrogen and oxygen atoms in total. The molecule has 0 bridgehead atoms. The molecule has 0 N–H and O–H groups in total. The molecule has 2 aliphatic rings. The summed E-state index contributed by atoms with van der Waals surface area (Å²) in [5.74, 6) is 2.83. The lowest BCUT2D eigenvalue weighted by atomic mass is 9.83. The third kappa shape index (κ3) is 1.80. The number of hydrogen-bond acceptors (Lipinski definition) is 0. The van der Waals surface area contributed by atoms with E-state index >= 15 is 0 Å². The fraction of sp³-hybridized carbons (Fsp3) is 0.455. The van der Waals surface area contributed by atoms with Crippen molar-refractivity contribution in [3.63, 3.8) is 0 Å². The Balaban J connectivity index is 1.77. The minimum atomic E-state index is -0.0829. The van der Waals surface area contributed by atoms with Gasteiger partial charge in [0.15, 0.2) is 0 Å². The zero-order valence-electron chi connectivity index (χ0n) is 16.1. The number of imidazole rings is 2. The molecule has 0 amide bonds. The average molecular weight is 348 g/mol. The molecule has 0 radical (unpaired) electrons. The maximum atomic E-state index is 2.49. The van der Waals surface area contributed by atoms with Crippen molar-refractivity contribution in [2.45, 2.75) is 65.0 Å². The van der Waals surface area contributed by atoms with Gasteiger partial charge in [-0.2, -0.15) is 9.13 Å². The highest BCUT2D eigenvalue weighted by molar-refractivity contribution is 5.70. The zero-order valence-corrected chi connectivity index (χ0v) is 16.1. The molecule has 0 spiro atoms. The van der Waals surface area contributed by atoms with Gasteiger partial charge in [-0.15, -0.1) is 0 Å². The fourth-order valence-corrected chi connectivity index (χ4v) is 5.08. The van der Waals surface area contributed by atoms with E-state index in [2.05, 4.69) is 82.0 Å². The van der Waals surface area contributed by atoms with Crippen LogP contribution in [0.15, 0.2) is 43.0 Å². The van der Waals surface area contributed by atoms with Crippen molar-refractivity contribution < 1.29 is 9.13 Å².